The summed E-state index contributed by atoms with van der Waals surface area (Å²) in [7, 11) is 0. The first-order chi connectivity index (χ1) is 8.70. The maximum atomic E-state index is 13.2. The lowest BCUT2D eigenvalue weighted by Crippen LogP contribution is -2.04. The Morgan fingerprint density at radius 1 is 1.28 bits per heavy atom. The molecule has 0 aliphatic carbocycles. The molecular formula is C12H10ClF2NOS. The van der Waals surface area contributed by atoms with E-state index < -0.39 is 11.6 Å². The quantitative estimate of drug-likeness (QED) is 0.782. The normalized spacial score (nSPS) is 10.6. The summed E-state index contributed by atoms with van der Waals surface area (Å²) in [4.78, 5) is 4.22. The van der Waals surface area contributed by atoms with Crippen molar-refractivity contribution in [3.05, 3.63) is 45.9 Å². The van der Waals surface area contributed by atoms with E-state index in [1.54, 1.807) is 0 Å². The molecule has 0 aliphatic rings. The Bertz CT molecular complexity index is 512. The Labute approximate surface area is 112 Å². The van der Waals surface area contributed by atoms with E-state index in [4.69, 9.17) is 16.3 Å². The molecule has 0 unspecified atom stereocenters. The van der Waals surface area contributed by atoms with Crippen LogP contribution in [0.5, 0.6) is 5.75 Å². The minimum atomic E-state index is -0.699. The van der Waals surface area contributed by atoms with Gasteiger partial charge >= 0.3 is 0 Å². The van der Waals surface area contributed by atoms with Crippen molar-refractivity contribution in [3.8, 4) is 5.75 Å². The maximum absolute atomic E-state index is 13.2. The van der Waals surface area contributed by atoms with Gasteiger partial charge in [-0.25, -0.2) is 13.8 Å². The van der Waals surface area contributed by atoms with Gasteiger partial charge in [-0.05, 0) is 12.1 Å². The minimum absolute atomic E-state index is 0.174. The summed E-state index contributed by atoms with van der Waals surface area (Å²) in [5.74, 6) is -1.38. The third-order valence-corrected chi connectivity index (χ3v) is 3.45. The number of benzene rings is 1. The molecule has 0 N–H and O–H groups in total. The molecule has 2 rings (SSSR count). The predicted octanol–water partition coefficient (Wildman–Crippen LogP) is 3.78. The number of ether oxygens (including phenoxy) is 1. The van der Waals surface area contributed by atoms with E-state index in [0.717, 1.165) is 22.8 Å². The molecule has 0 amide bonds. The first-order valence-corrected chi connectivity index (χ1v) is 6.68. The molecule has 0 saturated heterocycles. The molecule has 0 saturated carbocycles. The molecule has 0 bridgehead atoms. The van der Waals surface area contributed by atoms with Crippen molar-refractivity contribution >= 4 is 22.9 Å². The lowest BCUT2D eigenvalue weighted by Gasteiger charge is -2.06. The van der Waals surface area contributed by atoms with Gasteiger partial charge in [-0.3, -0.25) is 0 Å². The summed E-state index contributed by atoms with van der Waals surface area (Å²) in [6.07, 6.45) is 0.495. The Morgan fingerprint density at radius 3 is 2.61 bits per heavy atom. The first kappa shape index (κ1) is 13.2. The molecule has 0 radical (unpaired) electrons. The van der Waals surface area contributed by atoms with E-state index in [2.05, 4.69) is 4.98 Å². The molecule has 2 aromatic rings. The van der Waals surface area contributed by atoms with Gasteiger partial charge in [-0.15, -0.1) is 22.9 Å². The van der Waals surface area contributed by atoms with Crippen LogP contribution in [0.1, 0.15) is 10.7 Å². The summed E-state index contributed by atoms with van der Waals surface area (Å²) in [6, 6.07) is 3.62. The maximum Gasteiger partial charge on any atom is 0.190 e. The van der Waals surface area contributed by atoms with Crippen molar-refractivity contribution in [2.45, 2.75) is 12.3 Å². The zero-order valence-electron chi connectivity index (χ0n) is 9.33. The van der Waals surface area contributed by atoms with Crippen LogP contribution in [-0.2, 0) is 12.3 Å². The van der Waals surface area contributed by atoms with Crippen molar-refractivity contribution in [1.29, 1.82) is 0 Å². The van der Waals surface area contributed by atoms with Gasteiger partial charge in [0.15, 0.2) is 17.4 Å². The summed E-state index contributed by atoms with van der Waals surface area (Å²) in [6.45, 7) is 0.174. The van der Waals surface area contributed by atoms with Crippen molar-refractivity contribution in [3.63, 3.8) is 0 Å². The smallest absolute Gasteiger partial charge is 0.190 e. The van der Waals surface area contributed by atoms with E-state index in [1.165, 1.54) is 17.4 Å². The SMILES string of the molecule is Fc1cccc(F)c1OCCc1nc(CCl)cs1. The van der Waals surface area contributed by atoms with Gasteiger partial charge in [0.2, 0.25) is 0 Å². The molecule has 18 heavy (non-hydrogen) atoms. The summed E-state index contributed by atoms with van der Waals surface area (Å²) in [5, 5.41) is 2.69. The van der Waals surface area contributed by atoms with Crippen LogP contribution < -0.4 is 4.74 Å². The summed E-state index contributed by atoms with van der Waals surface area (Å²) >= 11 is 7.08. The van der Waals surface area contributed by atoms with Crippen molar-refractivity contribution in [1.82, 2.24) is 4.98 Å². The molecule has 0 fully saturated rings. The molecule has 1 aromatic carbocycles. The van der Waals surface area contributed by atoms with Gasteiger partial charge in [0.25, 0.3) is 0 Å². The number of nitrogens with zero attached hydrogens (tertiary/aromatic N) is 1. The van der Waals surface area contributed by atoms with Crippen LogP contribution in [0, 0.1) is 11.6 Å². The molecule has 6 heteroatoms. The molecule has 96 valence electrons. The van der Waals surface area contributed by atoms with Crippen molar-refractivity contribution < 1.29 is 13.5 Å². The topological polar surface area (TPSA) is 22.1 Å². The number of para-hydroxylation sites is 1. The lowest BCUT2D eigenvalue weighted by atomic mass is 10.3. The average Bonchev–Trinajstić information content (AvgIpc) is 2.81. The molecular weight excluding hydrogens is 280 g/mol. The van der Waals surface area contributed by atoms with Gasteiger partial charge in [0.05, 0.1) is 23.2 Å². The number of halogens is 3. The Balaban J connectivity index is 1.92. The first-order valence-electron chi connectivity index (χ1n) is 5.26. The van der Waals surface area contributed by atoms with Crippen molar-refractivity contribution in [2.24, 2.45) is 0 Å². The number of hydrogen-bond acceptors (Lipinski definition) is 3. The second kappa shape index (κ2) is 6.11. The summed E-state index contributed by atoms with van der Waals surface area (Å²) < 4.78 is 31.6. The number of alkyl halides is 1. The fourth-order valence-corrected chi connectivity index (χ4v) is 2.39. The van der Waals surface area contributed by atoms with Crippen LogP contribution in [0.25, 0.3) is 0 Å². The van der Waals surface area contributed by atoms with E-state index in [1.807, 2.05) is 5.38 Å². The second-order valence-corrected chi connectivity index (χ2v) is 4.73. The number of rotatable bonds is 5. The van der Waals surface area contributed by atoms with Crippen LogP contribution in [0.15, 0.2) is 23.6 Å². The van der Waals surface area contributed by atoms with E-state index in [9.17, 15) is 8.78 Å². The van der Waals surface area contributed by atoms with Gasteiger partial charge in [0.1, 0.15) is 0 Å². The third-order valence-electron chi connectivity index (χ3n) is 2.22. The average molecular weight is 290 g/mol. The Kier molecular flexibility index (Phi) is 4.49. The number of hydrogen-bond donors (Lipinski definition) is 0. The van der Waals surface area contributed by atoms with Crippen LogP contribution in [0.2, 0.25) is 0 Å². The molecule has 0 spiro atoms. The molecule has 2 nitrogen and oxygen atoms in total. The van der Waals surface area contributed by atoms with E-state index in [-0.39, 0.29) is 12.4 Å². The summed E-state index contributed by atoms with van der Waals surface area (Å²) in [5.41, 5.74) is 0.800. The standard InChI is InChI=1S/C12H10ClF2NOS/c13-6-8-7-18-11(16-8)4-5-17-12-9(14)2-1-3-10(12)15/h1-3,7H,4-6H2. The minimum Gasteiger partial charge on any atom is -0.487 e. The predicted molar refractivity (Wildman–Crippen MR) is 67.2 cm³/mol. The largest absolute Gasteiger partial charge is 0.487 e. The molecule has 0 atom stereocenters. The van der Waals surface area contributed by atoms with Gasteiger partial charge in [-0.2, -0.15) is 0 Å². The molecule has 1 aromatic heterocycles. The van der Waals surface area contributed by atoms with Crippen molar-refractivity contribution in [2.75, 3.05) is 6.61 Å². The monoisotopic (exact) mass is 289 g/mol. The van der Waals surface area contributed by atoms with Gasteiger partial charge in [0, 0.05) is 11.8 Å². The van der Waals surface area contributed by atoms with Gasteiger partial charge in [-0.1, -0.05) is 6.07 Å². The third kappa shape index (κ3) is 3.17. The molecule has 0 aliphatic heterocycles. The number of thiazole rings is 1. The number of aromatic nitrogens is 1. The zero-order valence-corrected chi connectivity index (χ0v) is 10.9. The van der Waals surface area contributed by atoms with Gasteiger partial charge < -0.3 is 4.74 Å². The highest BCUT2D eigenvalue weighted by Gasteiger charge is 2.09. The Hall–Kier alpha value is -1.20. The highest BCUT2D eigenvalue weighted by Crippen LogP contribution is 2.21. The molecule has 1 heterocycles. The fraction of sp³-hybridized carbons (Fsp3) is 0.250. The second-order valence-electron chi connectivity index (χ2n) is 3.52. The van der Waals surface area contributed by atoms with Crippen LogP contribution in [0.3, 0.4) is 0 Å². The van der Waals surface area contributed by atoms with E-state index >= 15 is 0 Å². The highest BCUT2D eigenvalue weighted by atomic mass is 35.5. The van der Waals surface area contributed by atoms with Crippen LogP contribution in [-0.4, -0.2) is 11.6 Å². The highest BCUT2D eigenvalue weighted by molar-refractivity contribution is 7.09. The van der Waals surface area contributed by atoms with Crippen LogP contribution in [0.4, 0.5) is 8.78 Å². The Morgan fingerprint density at radius 2 is 2.00 bits per heavy atom. The zero-order chi connectivity index (χ0) is 13.0. The lowest BCUT2D eigenvalue weighted by molar-refractivity contribution is 0.288. The fourth-order valence-electron chi connectivity index (χ4n) is 1.39. The van der Waals surface area contributed by atoms with E-state index in [0.29, 0.717) is 12.3 Å². The van der Waals surface area contributed by atoms with Crippen LogP contribution >= 0.6 is 22.9 Å².